The molecule has 1 heterocycles. The Morgan fingerprint density at radius 1 is 1.22 bits per heavy atom. The molecule has 1 heteroatoms. The third kappa shape index (κ3) is 7.71. The molecule has 0 spiro atoms. The van der Waals surface area contributed by atoms with E-state index in [0.29, 0.717) is 5.92 Å². The van der Waals surface area contributed by atoms with Gasteiger partial charge in [-0.3, -0.25) is 4.90 Å². The van der Waals surface area contributed by atoms with Crippen LogP contribution in [0.2, 0.25) is 0 Å². The predicted octanol–water partition coefficient (Wildman–Crippen LogP) is 4.90. The van der Waals surface area contributed by atoms with Crippen molar-refractivity contribution in [2.75, 3.05) is 19.6 Å². The Balaban J connectivity index is 0.00000137. The van der Waals surface area contributed by atoms with Gasteiger partial charge in [-0.2, -0.15) is 0 Å². The average molecular weight is 251 g/mol. The summed E-state index contributed by atoms with van der Waals surface area (Å²) in [5.41, 5.74) is 1.46. The summed E-state index contributed by atoms with van der Waals surface area (Å²) >= 11 is 0. The fraction of sp³-hybridized carbons (Fsp3) is 0.765. The van der Waals surface area contributed by atoms with Crippen LogP contribution in [0.25, 0.3) is 0 Å². The van der Waals surface area contributed by atoms with E-state index in [0.717, 1.165) is 12.5 Å². The van der Waals surface area contributed by atoms with Crippen molar-refractivity contribution in [3.05, 3.63) is 23.8 Å². The molecule has 1 rings (SSSR count). The van der Waals surface area contributed by atoms with Gasteiger partial charge in [0.05, 0.1) is 0 Å². The van der Waals surface area contributed by atoms with Crippen LogP contribution in [-0.4, -0.2) is 24.5 Å². The number of piperidine rings is 1. The number of likely N-dealkylation sites (tertiary alicyclic amines) is 1. The number of nitrogens with zero attached hydrogens (tertiary/aromatic N) is 1. The van der Waals surface area contributed by atoms with E-state index in [1.807, 2.05) is 13.8 Å². The lowest BCUT2D eigenvalue weighted by molar-refractivity contribution is 0.207. The van der Waals surface area contributed by atoms with Crippen molar-refractivity contribution in [1.82, 2.24) is 4.90 Å². The second-order valence-electron chi connectivity index (χ2n) is 5.43. The molecule has 0 aromatic carbocycles. The second-order valence-corrected chi connectivity index (χ2v) is 5.43. The van der Waals surface area contributed by atoms with E-state index < -0.39 is 0 Å². The largest absolute Gasteiger partial charge is 0.299 e. The molecule has 0 saturated carbocycles. The number of allylic oxidation sites excluding steroid dienone is 2. The van der Waals surface area contributed by atoms with Crippen LogP contribution >= 0.6 is 0 Å². The van der Waals surface area contributed by atoms with Gasteiger partial charge in [0.1, 0.15) is 0 Å². The van der Waals surface area contributed by atoms with Crippen molar-refractivity contribution in [3.63, 3.8) is 0 Å². The zero-order valence-corrected chi connectivity index (χ0v) is 13.4. The molecular formula is C17H33N. The molecular weight excluding hydrogens is 218 g/mol. The van der Waals surface area contributed by atoms with E-state index in [9.17, 15) is 0 Å². The summed E-state index contributed by atoms with van der Waals surface area (Å²) in [6.07, 6.45) is 9.57. The van der Waals surface area contributed by atoms with Crippen LogP contribution in [-0.2, 0) is 0 Å². The minimum atomic E-state index is 0.649. The van der Waals surface area contributed by atoms with Gasteiger partial charge in [0.2, 0.25) is 0 Å². The van der Waals surface area contributed by atoms with E-state index in [4.69, 9.17) is 0 Å². The maximum absolute atomic E-state index is 2.58. The highest BCUT2D eigenvalue weighted by Gasteiger charge is 2.15. The summed E-state index contributed by atoms with van der Waals surface area (Å²) in [4.78, 5) is 2.58. The molecule has 0 atom stereocenters. The highest BCUT2D eigenvalue weighted by Crippen LogP contribution is 2.17. The third-order valence-corrected chi connectivity index (χ3v) is 3.35. The van der Waals surface area contributed by atoms with Crippen molar-refractivity contribution >= 4 is 0 Å². The zero-order chi connectivity index (χ0) is 14.0. The van der Waals surface area contributed by atoms with Crippen LogP contribution in [0.3, 0.4) is 0 Å². The summed E-state index contributed by atoms with van der Waals surface area (Å²) in [5.74, 6) is 1.58. The molecule has 0 N–H and O–H groups in total. The average Bonchev–Trinajstić information content (AvgIpc) is 2.39. The molecule has 0 bridgehead atoms. The lowest BCUT2D eigenvalue weighted by Crippen LogP contribution is -2.34. The maximum atomic E-state index is 2.58. The standard InChI is InChI=1S/C15H27N.C2H6/c1-5-15(7-6-13(2)3)12-16-10-8-14(4)9-11-16;1-2/h5-7,13-14H,8-12H2,1-4H3;1-2H3/b7-6-,15-5+;. The summed E-state index contributed by atoms with van der Waals surface area (Å²) in [5, 5.41) is 0. The highest BCUT2D eigenvalue weighted by molar-refractivity contribution is 5.20. The fourth-order valence-electron chi connectivity index (χ4n) is 2.03. The van der Waals surface area contributed by atoms with Crippen molar-refractivity contribution < 1.29 is 0 Å². The summed E-state index contributed by atoms with van der Waals surface area (Å²) in [7, 11) is 0. The van der Waals surface area contributed by atoms with Gasteiger partial charge in [-0.25, -0.2) is 0 Å². The van der Waals surface area contributed by atoms with Crippen molar-refractivity contribution in [2.45, 2.75) is 54.4 Å². The molecule has 0 radical (unpaired) electrons. The Morgan fingerprint density at radius 3 is 2.22 bits per heavy atom. The second kappa shape index (κ2) is 10.4. The van der Waals surface area contributed by atoms with Crippen molar-refractivity contribution in [2.24, 2.45) is 11.8 Å². The summed E-state index contributed by atoms with van der Waals surface area (Å²) in [6, 6.07) is 0. The van der Waals surface area contributed by atoms with E-state index in [1.54, 1.807) is 0 Å². The molecule has 0 amide bonds. The molecule has 106 valence electrons. The smallest absolute Gasteiger partial charge is 0.0230 e. The van der Waals surface area contributed by atoms with Crippen LogP contribution in [0.15, 0.2) is 23.8 Å². The fourth-order valence-corrected chi connectivity index (χ4v) is 2.03. The summed E-state index contributed by atoms with van der Waals surface area (Å²) < 4.78 is 0. The first kappa shape index (κ1) is 17.4. The SMILES string of the molecule is C/C=C(\C=C/C(C)C)CN1CCC(C)CC1.CC. The van der Waals surface area contributed by atoms with Crippen LogP contribution in [0, 0.1) is 11.8 Å². The van der Waals surface area contributed by atoms with Gasteiger partial charge in [0, 0.05) is 6.54 Å². The molecule has 1 aliphatic heterocycles. The van der Waals surface area contributed by atoms with Gasteiger partial charge in [0.25, 0.3) is 0 Å². The Morgan fingerprint density at radius 2 is 1.78 bits per heavy atom. The lowest BCUT2D eigenvalue weighted by atomic mass is 9.98. The van der Waals surface area contributed by atoms with Gasteiger partial charge < -0.3 is 0 Å². The van der Waals surface area contributed by atoms with Crippen molar-refractivity contribution in [1.29, 1.82) is 0 Å². The van der Waals surface area contributed by atoms with Gasteiger partial charge in [0.15, 0.2) is 0 Å². The molecule has 1 aliphatic rings. The molecule has 0 aromatic heterocycles. The normalized spacial score (nSPS) is 19.2. The van der Waals surface area contributed by atoms with E-state index >= 15 is 0 Å². The molecule has 1 nitrogen and oxygen atoms in total. The molecule has 1 saturated heterocycles. The van der Waals surface area contributed by atoms with Gasteiger partial charge in [-0.1, -0.05) is 52.8 Å². The van der Waals surface area contributed by atoms with E-state index in [2.05, 4.69) is 50.8 Å². The lowest BCUT2D eigenvalue weighted by Gasteiger charge is -2.30. The Hall–Kier alpha value is -0.560. The van der Waals surface area contributed by atoms with Crippen LogP contribution < -0.4 is 0 Å². The minimum absolute atomic E-state index is 0.649. The quantitative estimate of drug-likeness (QED) is 0.642. The highest BCUT2D eigenvalue weighted by atomic mass is 15.1. The van der Waals surface area contributed by atoms with Gasteiger partial charge in [-0.05, 0) is 50.3 Å². The van der Waals surface area contributed by atoms with E-state index in [1.165, 1.54) is 31.5 Å². The van der Waals surface area contributed by atoms with Gasteiger partial charge in [-0.15, -0.1) is 0 Å². The van der Waals surface area contributed by atoms with Gasteiger partial charge >= 0.3 is 0 Å². The monoisotopic (exact) mass is 251 g/mol. The Bertz CT molecular complexity index is 242. The Labute approximate surface area is 115 Å². The molecule has 1 fully saturated rings. The van der Waals surface area contributed by atoms with Crippen LogP contribution in [0.1, 0.15) is 54.4 Å². The number of hydrogen-bond donors (Lipinski definition) is 0. The number of rotatable bonds is 4. The van der Waals surface area contributed by atoms with E-state index in [-0.39, 0.29) is 0 Å². The minimum Gasteiger partial charge on any atom is -0.299 e. The topological polar surface area (TPSA) is 3.24 Å². The third-order valence-electron chi connectivity index (χ3n) is 3.35. The van der Waals surface area contributed by atoms with Crippen LogP contribution in [0.4, 0.5) is 0 Å². The maximum Gasteiger partial charge on any atom is 0.0230 e. The first-order chi connectivity index (χ1) is 8.61. The number of hydrogen-bond acceptors (Lipinski definition) is 1. The molecule has 0 aromatic rings. The first-order valence-corrected chi connectivity index (χ1v) is 7.67. The molecule has 18 heavy (non-hydrogen) atoms. The molecule has 0 aliphatic carbocycles. The predicted molar refractivity (Wildman–Crippen MR) is 83.9 cm³/mol. The van der Waals surface area contributed by atoms with Crippen molar-refractivity contribution in [3.8, 4) is 0 Å². The Kier molecular flexibility index (Phi) is 10.0. The zero-order valence-electron chi connectivity index (χ0n) is 13.4. The van der Waals surface area contributed by atoms with Crippen LogP contribution in [0.5, 0.6) is 0 Å². The summed E-state index contributed by atoms with van der Waals surface area (Å²) in [6.45, 7) is 16.6. The molecule has 0 unspecified atom stereocenters. The first-order valence-electron chi connectivity index (χ1n) is 7.67.